The molecule has 0 bridgehead atoms. The Kier molecular flexibility index (Phi) is 5.27. The molecule has 1 heterocycles. The Hall–Kier alpha value is -4.59. The number of hydrazone groups is 1. The number of nitrogens with zero attached hydrogens (tertiary/aromatic N) is 4. The van der Waals surface area contributed by atoms with E-state index >= 15 is 0 Å². The number of hydrogen-bond acceptors (Lipinski definition) is 8. The molecule has 0 aliphatic heterocycles. The van der Waals surface area contributed by atoms with Gasteiger partial charge in [0.05, 0.1) is 22.4 Å². The minimum atomic E-state index is -0.940. The van der Waals surface area contributed by atoms with Gasteiger partial charge in [-0.05, 0) is 6.07 Å². The third kappa shape index (κ3) is 3.91. The molecule has 1 aromatic heterocycles. The first-order chi connectivity index (χ1) is 13.9. The minimum absolute atomic E-state index is 0.110. The van der Waals surface area contributed by atoms with Crippen molar-refractivity contribution in [1.82, 2.24) is 9.97 Å². The average molecular weight is 394 g/mol. The van der Waals surface area contributed by atoms with Crippen molar-refractivity contribution in [3.63, 3.8) is 0 Å². The lowest BCUT2D eigenvalue weighted by molar-refractivity contribution is -0.385. The number of benzene rings is 2. The first-order valence-corrected chi connectivity index (χ1v) is 7.97. The van der Waals surface area contributed by atoms with Crippen molar-refractivity contribution in [2.75, 3.05) is 5.43 Å². The molecule has 3 N–H and O–H groups in total. The third-order valence-electron chi connectivity index (χ3n) is 3.78. The van der Waals surface area contributed by atoms with E-state index in [0.29, 0.717) is 5.56 Å². The lowest BCUT2D eigenvalue weighted by atomic mass is 10.1. The summed E-state index contributed by atoms with van der Waals surface area (Å²) in [6, 6.07) is 11.9. The smallest absolute Gasteiger partial charge is 0.311 e. The molecule has 0 saturated heterocycles. The fourth-order valence-corrected chi connectivity index (χ4v) is 2.43. The Bertz CT molecular complexity index is 1220. The van der Waals surface area contributed by atoms with E-state index in [1.165, 1.54) is 0 Å². The molecule has 2 aromatic carbocycles. The van der Waals surface area contributed by atoms with Gasteiger partial charge in [-0.3, -0.25) is 19.9 Å². The summed E-state index contributed by atoms with van der Waals surface area (Å²) in [6.07, 6.45) is 0.804. The van der Waals surface area contributed by atoms with Crippen LogP contribution in [0.2, 0.25) is 0 Å². The Morgan fingerprint density at radius 3 is 2.69 bits per heavy atom. The molecule has 0 spiro atoms. The maximum absolute atomic E-state index is 13.9. The van der Waals surface area contributed by atoms with Gasteiger partial charge in [-0.1, -0.05) is 30.3 Å². The van der Waals surface area contributed by atoms with E-state index in [0.717, 1.165) is 18.3 Å². The Morgan fingerprint density at radius 2 is 2.03 bits per heavy atom. The van der Waals surface area contributed by atoms with Crippen LogP contribution >= 0.6 is 0 Å². The molecule has 0 fully saturated rings. The third-order valence-corrected chi connectivity index (χ3v) is 3.78. The maximum Gasteiger partial charge on any atom is 0.311 e. The Morgan fingerprint density at radius 1 is 1.31 bits per heavy atom. The van der Waals surface area contributed by atoms with E-state index in [4.69, 9.17) is 0 Å². The minimum Gasteiger partial charge on any atom is -0.502 e. The SMILES string of the molecule is N#Cc1c(-c2ccccc2)nc(NN=Cc2c(F)ccc([N+](=O)[O-])c2O)[nH]c1=O. The molecule has 0 atom stereocenters. The quantitative estimate of drug-likeness (QED) is 0.341. The van der Waals surface area contributed by atoms with Crippen molar-refractivity contribution >= 4 is 17.9 Å². The van der Waals surface area contributed by atoms with Crippen LogP contribution in [0.15, 0.2) is 52.4 Å². The number of phenolic OH excluding ortho intramolecular Hbond substituents is 1. The molecule has 0 saturated carbocycles. The van der Waals surface area contributed by atoms with Crippen LogP contribution in [0.4, 0.5) is 16.0 Å². The van der Waals surface area contributed by atoms with Crippen molar-refractivity contribution in [2.24, 2.45) is 5.10 Å². The normalized spacial score (nSPS) is 10.6. The highest BCUT2D eigenvalue weighted by Crippen LogP contribution is 2.30. The number of nitro groups is 1. The van der Waals surface area contributed by atoms with Gasteiger partial charge in [0, 0.05) is 11.6 Å². The second-order valence-electron chi connectivity index (χ2n) is 5.57. The number of phenols is 1. The van der Waals surface area contributed by atoms with E-state index in [-0.39, 0.29) is 17.2 Å². The number of aromatic amines is 1. The predicted molar refractivity (Wildman–Crippen MR) is 101 cm³/mol. The largest absolute Gasteiger partial charge is 0.502 e. The molecular formula is C18H11FN6O4. The van der Waals surface area contributed by atoms with E-state index < -0.39 is 33.3 Å². The number of aromatic nitrogens is 2. The Labute approximate surface area is 161 Å². The molecule has 0 aliphatic carbocycles. The van der Waals surface area contributed by atoms with Gasteiger partial charge in [0.1, 0.15) is 17.4 Å². The fraction of sp³-hybridized carbons (Fsp3) is 0. The lowest BCUT2D eigenvalue weighted by Gasteiger charge is -2.06. The van der Waals surface area contributed by atoms with Crippen LogP contribution in [0.3, 0.4) is 0 Å². The van der Waals surface area contributed by atoms with Gasteiger partial charge in [-0.15, -0.1) is 0 Å². The number of nitriles is 1. The van der Waals surface area contributed by atoms with E-state index in [1.807, 2.05) is 0 Å². The summed E-state index contributed by atoms with van der Waals surface area (Å²) in [6.45, 7) is 0. The van der Waals surface area contributed by atoms with Crippen molar-refractivity contribution in [3.05, 3.63) is 79.9 Å². The van der Waals surface area contributed by atoms with Crippen LogP contribution in [0.1, 0.15) is 11.1 Å². The van der Waals surface area contributed by atoms with Crippen LogP contribution in [-0.4, -0.2) is 26.2 Å². The van der Waals surface area contributed by atoms with Crippen molar-refractivity contribution < 1.29 is 14.4 Å². The number of aromatic hydroxyl groups is 1. The molecule has 0 radical (unpaired) electrons. The zero-order valence-corrected chi connectivity index (χ0v) is 14.5. The van der Waals surface area contributed by atoms with Gasteiger partial charge in [0.2, 0.25) is 11.7 Å². The fourth-order valence-electron chi connectivity index (χ4n) is 2.43. The molecule has 29 heavy (non-hydrogen) atoms. The summed E-state index contributed by atoms with van der Waals surface area (Å²) in [5.41, 5.74) is 0.840. The highest BCUT2D eigenvalue weighted by Gasteiger charge is 2.19. The number of halogens is 1. The van der Waals surface area contributed by atoms with Crippen molar-refractivity contribution in [1.29, 1.82) is 5.26 Å². The van der Waals surface area contributed by atoms with Gasteiger partial charge >= 0.3 is 5.69 Å². The molecule has 0 amide bonds. The molecule has 0 unspecified atom stereocenters. The average Bonchev–Trinajstić information content (AvgIpc) is 2.70. The molecular weight excluding hydrogens is 383 g/mol. The molecule has 3 aromatic rings. The second kappa shape index (κ2) is 7.97. The van der Waals surface area contributed by atoms with Crippen molar-refractivity contribution in [2.45, 2.75) is 0 Å². The van der Waals surface area contributed by atoms with Gasteiger partial charge in [-0.25, -0.2) is 14.8 Å². The number of H-pyrrole nitrogens is 1. The van der Waals surface area contributed by atoms with Gasteiger partial charge in [0.25, 0.3) is 5.56 Å². The molecule has 3 rings (SSSR count). The van der Waals surface area contributed by atoms with Crippen LogP contribution < -0.4 is 11.0 Å². The monoisotopic (exact) mass is 394 g/mol. The topological polar surface area (TPSA) is 157 Å². The number of anilines is 1. The Balaban J connectivity index is 1.96. The van der Waals surface area contributed by atoms with Crippen LogP contribution in [0.5, 0.6) is 5.75 Å². The van der Waals surface area contributed by atoms with Crippen LogP contribution in [0, 0.1) is 27.3 Å². The van der Waals surface area contributed by atoms with Gasteiger partial charge in [-0.2, -0.15) is 10.4 Å². The highest BCUT2D eigenvalue weighted by molar-refractivity contribution is 5.86. The number of hydrogen-bond donors (Lipinski definition) is 3. The van der Waals surface area contributed by atoms with E-state index in [9.17, 15) is 29.7 Å². The second-order valence-corrected chi connectivity index (χ2v) is 5.57. The number of nitrogens with one attached hydrogen (secondary N) is 2. The summed E-state index contributed by atoms with van der Waals surface area (Å²) in [5.74, 6) is -1.99. The molecule has 0 aliphatic rings. The first-order valence-electron chi connectivity index (χ1n) is 7.97. The summed E-state index contributed by atoms with van der Waals surface area (Å²) >= 11 is 0. The summed E-state index contributed by atoms with van der Waals surface area (Å²) in [5, 5.41) is 33.5. The maximum atomic E-state index is 13.9. The summed E-state index contributed by atoms with van der Waals surface area (Å²) in [4.78, 5) is 28.5. The first kappa shape index (κ1) is 19.2. The van der Waals surface area contributed by atoms with E-state index in [2.05, 4.69) is 20.5 Å². The van der Waals surface area contributed by atoms with Crippen LogP contribution in [0.25, 0.3) is 11.3 Å². The number of rotatable bonds is 5. The van der Waals surface area contributed by atoms with Gasteiger partial charge in [0.15, 0.2) is 0 Å². The van der Waals surface area contributed by atoms with E-state index in [1.54, 1.807) is 36.4 Å². The zero-order valence-electron chi connectivity index (χ0n) is 14.5. The number of nitro benzene ring substituents is 1. The highest BCUT2D eigenvalue weighted by atomic mass is 19.1. The molecule has 11 heteroatoms. The van der Waals surface area contributed by atoms with Crippen molar-refractivity contribution in [3.8, 4) is 23.1 Å². The lowest BCUT2D eigenvalue weighted by Crippen LogP contribution is -2.16. The molecule has 144 valence electrons. The van der Waals surface area contributed by atoms with Crippen LogP contribution in [-0.2, 0) is 0 Å². The molecule has 10 nitrogen and oxygen atoms in total. The zero-order chi connectivity index (χ0) is 21.0. The predicted octanol–water partition coefficient (Wildman–Crippen LogP) is 2.51. The van der Waals surface area contributed by atoms with Gasteiger partial charge < -0.3 is 5.11 Å². The summed E-state index contributed by atoms with van der Waals surface area (Å²) in [7, 11) is 0. The standard InChI is InChI=1S/C18H11FN6O4/c19-13-6-7-14(25(28)29)16(26)12(13)9-21-24-18-22-15(10-4-2-1-3-5-10)11(8-20)17(27)23-18/h1-7,9,26H,(H2,22,23,24,27). The summed E-state index contributed by atoms with van der Waals surface area (Å²) < 4.78 is 13.9.